The van der Waals surface area contributed by atoms with Gasteiger partial charge in [-0.1, -0.05) is 12.2 Å². The highest BCUT2D eigenvalue weighted by molar-refractivity contribution is 5.84. The van der Waals surface area contributed by atoms with Gasteiger partial charge < -0.3 is 14.7 Å². The van der Waals surface area contributed by atoms with Crippen LogP contribution in [-0.2, 0) is 11.3 Å². The third-order valence-electron chi connectivity index (χ3n) is 6.66. The zero-order valence-electron chi connectivity index (χ0n) is 18.0. The van der Waals surface area contributed by atoms with Crippen LogP contribution in [0.4, 0.5) is 18.9 Å². The van der Waals surface area contributed by atoms with Gasteiger partial charge in [-0.15, -0.1) is 0 Å². The third kappa shape index (κ3) is 3.90. The van der Waals surface area contributed by atoms with Crippen molar-refractivity contribution in [3.8, 4) is 0 Å². The number of carbonyl (C=O) groups is 1. The van der Waals surface area contributed by atoms with Gasteiger partial charge in [0.15, 0.2) is 0 Å². The molecule has 1 aromatic carbocycles. The Kier molecular flexibility index (Phi) is 5.03. The molecule has 2 aromatic rings. The molecule has 0 unspecified atom stereocenters. The SMILES string of the molecule is CN1CCCC2(C1)CN(C(=O)Cn1cc3cc(N4CC=CC=C4C(F)(F)F)ccc3n1)C2. The van der Waals surface area contributed by atoms with Crippen LogP contribution < -0.4 is 4.90 Å². The van der Waals surface area contributed by atoms with Crippen molar-refractivity contribution in [2.45, 2.75) is 25.6 Å². The van der Waals surface area contributed by atoms with E-state index in [1.165, 1.54) is 17.4 Å². The molecular weight excluding hydrogens is 419 g/mol. The standard InChI is InChI=1S/C23H26F3N5O/c1-28-9-4-8-22(14-28)15-29(16-22)21(32)13-30-12-17-11-18(6-7-19(17)27-30)31-10-3-2-5-20(31)23(24,25)26/h2-3,5-7,11-12H,4,8-10,13-16H2,1H3. The lowest BCUT2D eigenvalue weighted by molar-refractivity contribution is -0.147. The zero-order chi connectivity index (χ0) is 22.5. The lowest BCUT2D eigenvalue weighted by Gasteiger charge is -2.54. The maximum Gasteiger partial charge on any atom is 0.431 e. The Morgan fingerprint density at radius 3 is 2.78 bits per heavy atom. The van der Waals surface area contributed by atoms with Gasteiger partial charge in [0, 0.05) is 48.9 Å². The lowest BCUT2D eigenvalue weighted by Crippen LogP contribution is -2.64. The van der Waals surface area contributed by atoms with Crippen molar-refractivity contribution >= 4 is 22.5 Å². The minimum atomic E-state index is -4.43. The monoisotopic (exact) mass is 445 g/mol. The molecule has 0 aliphatic carbocycles. The molecule has 32 heavy (non-hydrogen) atoms. The molecule has 3 aliphatic rings. The number of anilines is 1. The first-order valence-electron chi connectivity index (χ1n) is 10.9. The molecule has 0 radical (unpaired) electrons. The van der Waals surface area contributed by atoms with E-state index in [4.69, 9.17) is 0 Å². The summed E-state index contributed by atoms with van der Waals surface area (Å²) in [5.74, 6) is 0.0281. The van der Waals surface area contributed by atoms with Crippen molar-refractivity contribution in [1.82, 2.24) is 19.6 Å². The van der Waals surface area contributed by atoms with Crippen LogP contribution in [0.2, 0.25) is 0 Å². The van der Waals surface area contributed by atoms with Crippen molar-refractivity contribution < 1.29 is 18.0 Å². The quantitative estimate of drug-likeness (QED) is 0.727. The smallest absolute Gasteiger partial charge is 0.340 e. The number of likely N-dealkylation sites (tertiary alicyclic amines) is 2. The number of amides is 1. The van der Waals surface area contributed by atoms with Gasteiger partial charge in [0.1, 0.15) is 12.2 Å². The fourth-order valence-electron chi connectivity index (χ4n) is 5.21. The first-order valence-corrected chi connectivity index (χ1v) is 10.9. The predicted octanol–water partition coefficient (Wildman–Crippen LogP) is 3.41. The molecule has 0 saturated carbocycles. The van der Waals surface area contributed by atoms with Crippen LogP contribution in [0.5, 0.6) is 0 Å². The summed E-state index contributed by atoms with van der Waals surface area (Å²) in [7, 11) is 2.13. The number of hydrogen-bond donors (Lipinski definition) is 0. The molecule has 0 N–H and O–H groups in total. The van der Waals surface area contributed by atoms with E-state index < -0.39 is 11.9 Å². The highest BCUT2D eigenvalue weighted by Gasteiger charge is 2.46. The largest absolute Gasteiger partial charge is 0.431 e. The molecular formula is C23H26F3N5O. The summed E-state index contributed by atoms with van der Waals surface area (Å²) in [5.41, 5.74) is 0.643. The lowest BCUT2D eigenvalue weighted by atomic mass is 9.73. The second-order valence-electron chi connectivity index (χ2n) is 9.25. The topological polar surface area (TPSA) is 44.6 Å². The van der Waals surface area contributed by atoms with Gasteiger partial charge in [-0.2, -0.15) is 18.3 Å². The molecule has 1 amide bonds. The summed E-state index contributed by atoms with van der Waals surface area (Å²) in [5, 5.41) is 5.16. The van der Waals surface area contributed by atoms with Crippen LogP contribution in [-0.4, -0.2) is 71.4 Å². The van der Waals surface area contributed by atoms with Gasteiger partial charge >= 0.3 is 6.18 Å². The van der Waals surface area contributed by atoms with Gasteiger partial charge in [0.05, 0.1) is 5.52 Å². The van der Waals surface area contributed by atoms with Crippen LogP contribution in [0.1, 0.15) is 12.8 Å². The summed E-state index contributed by atoms with van der Waals surface area (Å²) >= 11 is 0. The average Bonchev–Trinajstić information content (AvgIpc) is 3.12. The maximum absolute atomic E-state index is 13.4. The molecule has 2 saturated heterocycles. The molecule has 1 aromatic heterocycles. The van der Waals surface area contributed by atoms with E-state index in [0.29, 0.717) is 16.6 Å². The van der Waals surface area contributed by atoms with E-state index >= 15 is 0 Å². The Bertz CT molecular complexity index is 1100. The Labute approximate surface area is 184 Å². The van der Waals surface area contributed by atoms with E-state index in [1.54, 1.807) is 35.2 Å². The summed E-state index contributed by atoms with van der Waals surface area (Å²) < 4.78 is 41.8. The Hall–Kier alpha value is -2.81. The molecule has 0 bridgehead atoms. The minimum Gasteiger partial charge on any atom is -0.340 e. The molecule has 0 atom stereocenters. The number of halogens is 3. The number of benzene rings is 1. The highest BCUT2D eigenvalue weighted by atomic mass is 19.4. The highest BCUT2D eigenvalue weighted by Crippen LogP contribution is 2.39. The van der Waals surface area contributed by atoms with Gasteiger partial charge in [-0.25, -0.2) is 0 Å². The van der Waals surface area contributed by atoms with E-state index in [0.717, 1.165) is 38.7 Å². The van der Waals surface area contributed by atoms with Crippen LogP contribution in [0.15, 0.2) is 48.3 Å². The van der Waals surface area contributed by atoms with Crippen molar-refractivity contribution in [3.05, 3.63) is 48.3 Å². The van der Waals surface area contributed by atoms with Crippen molar-refractivity contribution in [1.29, 1.82) is 0 Å². The van der Waals surface area contributed by atoms with Gasteiger partial charge in [-0.05, 0) is 50.7 Å². The fraction of sp³-hybridized carbons (Fsp3) is 0.478. The van der Waals surface area contributed by atoms with Crippen LogP contribution in [0, 0.1) is 5.41 Å². The number of rotatable bonds is 3. The van der Waals surface area contributed by atoms with Gasteiger partial charge in [-0.3, -0.25) is 9.48 Å². The van der Waals surface area contributed by atoms with E-state index in [1.807, 2.05) is 4.90 Å². The summed E-state index contributed by atoms with van der Waals surface area (Å²) in [6.07, 6.45) is 3.83. The Balaban J connectivity index is 1.28. The zero-order valence-corrected chi connectivity index (χ0v) is 18.0. The van der Waals surface area contributed by atoms with E-state index in [2.05, 4.69) is 17.0 Å². The van der Waals surface area contributed by atoms with Crippen LogP contribution >= 0.6 is 0 Å². The molecule has 170 valence electrons. The first kappa shape index (κ1) is 21.1. The predicted molar refractivity (Wildman–Crippen MR) is 116 cm³/mol. The number of alkyl halides is 3. The maximum atomic E-state index is 13.4. The van der Waals surface area contributed by atoms with Gasteiger partial charge in [0.25, 0.3) is 0 Å². The number of aromatic nitrogens is 2. The minimum absolute atomic E-state index is 0.0281. The summed E-state index contributed by atoms with van der Waals surface area (Å²) in [4.78, 5) is 18.2. The molecule has 1 spiro atoms. The summed E-state index contributed by atoms with van der Waals surface area (Å²) in [6.45, 7) is 4.01. The normalized spacial score (nSPS) is 21.2. The molecule has 5 rings (SSSR count). The van der Waals surface area contributed by atoms with E-state index in [9.17, 15) is 18.0 Å². The number of allylic oxidation sites excluding steroid dienone is 3. The molecule has 3 aliphatic heterocycles. The van der Waals surface area contributed by atoms with Crippen LogP contribution in [0.25, 0.3) is 10.9 Å². The van der Waals surface area contributed by atoms with E-state index in [-0.39, 0.29) is 24.4 Å². The fourth-order valence-corrected chi connectivity index (χ4v) is 5.21. The van der Waals surface area contributed by atoms with Crippen molar-refractivity contribution in [3.63, 3.8) is 0 Å². The number of fused-ring (bicyclic) bond motifs is 1. The number of piperidine rings is 1. The number of nitrogens with zero attached hydrogens (tertiary/aromatic N) is 5. The first-order chi connectivity index (χ1) is 15.2. The van der Waals surface area contributed by atoms with Crippen LogP contribution in [0.3, 0.4) is 0 Å². The van der Waals surface area contributed by atoms with Crippen molar-refractivity contribution in [2.75, 3.05) is 44.7 Å². The summed E-state index contributed by atoms with van der Waals surface area (Å²) in [6, 6.07) is 5.03. The molecule has 4 heterocycles. The number of hydrogen-bond acceptors (Lipinski definition) is 4. The Morgan fingerprint density at radius 1 is 1.22 bits per heavy atom. The van der Waals surface area contributed by atoms with Gasteiger partial charge in [0.2, 0.25) is 5.91 Å². The van der Waals surface area contributed by atoms with Crippen molar-refractivity contribution in [2.24, 2.45) is 5.41 Å². The Morgan fingerprint density at radius 2 is 2.03 bits per heavy atom. The average molecular weight is 445 g/mol. The molecule has 6 nitrogen and oxygen atoms in total. The second kappa shape index (κ2) is 7.65. The second-order valence-corrected chi connectivity index (χ2v) is 9.25. The molecule has 2 fully saturated rings. The number of carbonyl (C=O) groups excluding carboxylic acids is 1. The third-order valence-corrected chi connectivity index (χ3v) is 6.66. The molecule has 9 heteroatoms.